The first kappa shape index (κ1) is 11.6. The number of carbonyl (C=O) groups excluding carboxylic acids is 1. The van der Waals surface area contributed by atoms with Crippen LogP contribution in [-0.2, 0) is 18.3 Å². The second-order valence-electron chi connectivity index (χ2n) is 5.29. The topological polar surface area (TPSA) is 71.8 Å². The van der Waals surface area contributed by atoms with Crippen molar-refractivity contribution in [3.63, 3.8) is 0 Å². The second-order valence-corrected chi connectivity index (χ2v) is 5.29. The molecule has 0 radical (unpaired) electrons. The number of carbonyl (C=O) groups is 1. The number of aromatic nitrogens is 3. The van der Waals surface area contributed by atoms with Gasteiger partial charge >= 0.3 is 0 Å². The Labute approximate surface area is 106 Å². The Morgan fingerprint density at radius 3 is 3.11 bits per heavy atom. The summed E-state index contributed by atoms with van der Waals surface area (Å²) in [6.45, 7) is 0.638. The van der Waals surface area contributed by atoms with Crippen molar-refractivity contribution in [2.45, 2.75) is 37.8 Å². The van der Waals surface area contributed by atoms with E-state index in [4.69, 9.17) is 0 Å². The van der Waals surface area contributed by atoms with Crippen molar-refractivity contribution in [3.8, 4) is 0 Å². The lowest BCUT2D eigenvalue weighted by Crippen LogP contribution is -2.38. The molecule has 3 atom stereocenters. The summed E-state index contributed by atoms with van der Waals surface area (Å²) in [7, 11) is 1.91. The number of hydrogen-bond acceptors (Lipinski definition) is 4. The van der Waals surface area contributed by atoms with E-state index in [0.717, 1.165) is 25.1 Å². The lowest BCUT2D eigenvalue weighted by molar-refractivity contribution is -0.125. The number of hydrogen-bond donors (Lipinski definition) is 2. The fourth-order valence-corrected chi connectivity index (χ4v) is 3.08. The SMILES string of the molecule is Cn1cnnc1CCNC(=O)C1CC2CCC1N2. The fourth-order valence-electron chi connectivity index (χ4n) is 3.08. The third-order valence-corrected chi connectivity index (χ3v) is 4.09. The predicted octanol–water partition coefficient (Wildman–Crippen LogP) is -0.386. The molecule has 1 amide bonds. The van der Waals surface area contributed by atoms with Gasteiger partial charge in [0.15, 0.2) is 0 Å². The molecular formula is C12H19N5O. The van der Waals surface area contributed by atoms with Gasteiger partial charge in [-0.1, -0.05) is 0 Å². The van der Waals surface area contributed by atoms with Crippen molar-refractivity contribution in [3.05, 3.63) is 12.2 Å². The molecule has 2 aliphatic rings. The van der Waals surface area contributed by atoms with E-state index < -0.39 is 0 Å². The maximum absolute atomic E-state index is 12.1. The highest BCUT2D eigenvalue weighted by Gasteiger charge is 2.42. The molecule has 1 aromatic rings. The van der Waals surface area contributed by atoms with Crippen LogP contribution in [0.1, 0.15) is 25.1 Å². The van der Waals surface area contributed by atoms with E-state index in [1.807, 2.05) is 11.6 Å². The molecule has 0 aromatic carbocycles. The normalized spacial score (nSPS) is 29.7. The van der Waals surface area contributed by atoms with Crippen LogP contribution >= 0.6 is 0 Å². The van der Waals surface area contributed by atoms with Gasteiger partial charge < -0.3 is 15.2 Å². The summed E-state index contributed by atoms with van der Waals surface area (Å²) in [5.74, 6) is 1.27. The minimum atomic E-state index is 0.170. The molecule has 0 spiro atoms. The van der Waals surface area contributed by atoms with Crippen molar-refractivity contribution in [2.24, 2.45) is 13.0 Å². The van der Waals surface area contributed by atoms with Crippen molar-refractivity contribution < 1.29 is 4.79 Å². The number of amides is 1. The third-order valence-electron chi connectivity index (χ3n) is 4.09. The molecule has 1 aromatic heterocycles. The molecule has 0 aliphatic carbocycles. The average Bonchev–Trinajstić information content (AvgIpc) is 3.06. The fraction of sp³-hybridized carbons (Fsp3) is 0.750. The maximum atomic E-state index is 12.1. The highest BCUT2D eigenvalue weighted by atomic mass is 16.1. The maximum Gasteiger partial charge on any atom is 0.224 e. The van der Waals surface area contributed by atoms with Crippen LogP contribution in [0.15, 0.2) is 6.33 Å². The first-order valence-corrected chi connectivity index (χ1v) is 6.60. The molecule has 2 bridgehead atoms. The summed E-state index contributed by atoms with van der Waals surface area (Å²) in [6.07, 6.45) is 5.79. The van der Waals surface area contributed by atoms with Gasteiger partial charge in [0.1, 0.15) is 12.2 Å². The van der Waals surface area contributed by atoms with E-state index in [0.29, 0.717) is 18.6 Å². The van der Waals surface area contributed by atoms with Crippen molar-refractivity contribution in [1.82, 2.24) is 25.4 Å². The summed E-state index contributed by atoms with van der Waals surface area (Å²) in [5, 5.41) is 14.3. The van der Waals surface area contributed by atoms with Crippen molar-refractivity contribution >= 4 is 5.91 Å². The number of fused-ring (bicyclic) bond motifs is 2. The van der Waals surface area contributed by atoms with Crippen LogP contribution < -0.4 is 10.6 Å². The first-order chi connectivity index (χ1) is 8.74. The van der Waals surface area contributed by atoms with E-state index in [1.54, 1.807) is 6.33 Å². The van der Waals surface area contributed by atoms with Gasteiger partial charge in [-0.15, -0.1) is 10.2 Å². The van der Waals surface area contributed by atoms with E-state index in [1.165, 1.54) is 6.42 Å². The van der Waals surface area contributed by atoms with Gasteiger partial charge in [-0.05, 0) is 19.3 Å². The Hall–Kier alpha value is -1.43. The number of nitrogens with one attached hydrogen (secondary N) is 2. The summed E-state index contributed by atoms with van der Waals surface area (Å²) in [5.41, 5.74) is 0. The Bertz CT molecular complexity index is 443. The minimum Gasteiger partial charge on any atom is -0.355 e. The summed E-state index contributed by atoms with van der Waals surface area (Å²) < 4.78 is 1.88. The van der Waals surface area contributed by atoms with Crippen LogP contribution in [0.25, 0.3) is 0 Å². The number of nitrogens with zero attached hydrogens (tertiary/aromatic N) is 3. The first-order valence-electron chi connectivity index (χ1n) is 6.60. The average molecular weight is 249 g/mol. The molecule has 3 heterocycles. The molecule has 6 nitrogen and oxygen atoms in total. The van der Waals surface area contributed by atoms with Crippen LogP contribution in [0, 0.1) is 5.92 Å². The number of rotatable bonds is 4. The van der Waals surface area contributed by atoms with Gasteiger partial charge in [0.25, 0.3) is 0 Å². The van der Waals surface area contributed by atoms with Crippen molar-refractivity contribution in [2.75, 3.05) is 6.54 Å². The smallest absolute Gasteiger partial charge is 0.224 e. The van der Waals surface area contributed by atoms with E-state index in [9.17, 15) is 4.79 Å². The molecule has 2 aliphatic heterocycles. The Balaban J connectivity index is 1.46. The zero-order valence-electron chi connectivity index (χ0n) is 10.6. The molecule has 2 fully saturated rings. The lowest BCUT2D eigenvalue weighted by Gasteiger charge is -2.19. The summed E-state index contributed by atoms with van der Waals surface area (Å²) in [4.78, 5) is 12.1. The predicted molar refractivity (Wildman–Crippen MR) is 65.8 cm³/mol. The van der Waals surface area contributed by atoms with Crippen LogP contribution in [0.2, 0.25) is 0 Å². The van der Waals surface area contributed by atoms with Gasteiger partial charge in [-0.3, -0.25) is 4.79 Å². The second kappa shape index (κ2) is 4.68. The van der Waals surface area contributed by atoms with E-state index in [-0.39, 0.29) is 11.8 Å². The largest absolute Gasteiger partial charge is 0.355 e. The van der Waals surface area contributed by atoms with Gasteiger partial charge in [0.2, 0.25) is 5.91 Å². The molecule has 3 unspecified atom stereocenters. The van der Waals surface area contributed by atoms with Crippen LogP contribution in [0.4, 0.5) is 0 Å². The molecule has 2 N–H and O–H groups in total. The van der Waals surface area contributed by atoms with Crippen molar-refractivity contribution in [1.29, 1.82) is 0 Å². The third kappa shape index (κ3) is 2.12. The zero-order valence-corrected chi connectivity index (χ0v) is 10.6. The molecule has 3 rings (SSSR count). The monoisotopic (exact) mass is 249 g/mol. The standard InChI is InChI=1S/C12H19N5O/c1-17-7-14-16-11(17)4-5-13-12(18)9-6-8-2-3-10(9)15-8/h7-10,15H,2-6H2,1H3,(H,13,18). The highest BCUT2D eigenvalue weighted by Crippen LogP contribution is 2.33. The van der Waals surface area contributed by atoms with E-state index >= 15 is 0 Å². The van der Waals surface area contributed by atoms with Crippen LogP contribution in [0.5, 0.6) is 0 Å². The molecule has 98 valence electrons. The van der Waals surface area contributed by atoms with Gasteiger partial charge in [-0.25, -0.2) is 0 Å². The number of aryl methyl sites for hydroxylation is 1. The Morgan fingerprint density at radius 1 is 1.61 bits per heavy atom. The molecule has 6 heteroatoms. The lowest BCUT2D eigenvalue weighted by atomic mass is 9.88. The molecule has 2 saturated heterocycles. The minimum absolute atomic E-state index is 0.170. The molecular weight excluding hydrogens is 230 g/mol. The summed E-state index contributed by atoms with van der Waals surface area (Å²) >= 11 is 0. The highest BCUT2D eigenvalue weighted by molar-refractivity contribution is 5.80. The Kier molecular flexibility index (Phi) is 3.03. The molecule has 0 saturated carbocycles. The van der Waals surface area contributed by atoms with Crippen LogP contribution in [-0.4, -0.2) is 39.3 Å². The van der Waals surface area contributed by atoms with Gasteiger partial charge in [0, 0.05) is 32.1 Å². The van der Waals surface area contributed by atoms with E-state index in [2.05, 4.69) is 20.8 Å². The van der Waals surface area contributed by atoms with Crippen LogP contribution in [0.3, 0.4) is 0 Å². The Morgan fingerprint density at radius 2 is 2.50 bits per heavy atom. The molecule has 18 heavy (non-hydrogen) atoms. The summed E-state index contributed by atoms with van der Waals surface area (Å²) in [6, 6.07) is 0.981. The van der Waals surface area contributed by atoms with Gasteiger partial charge in [0.05, 0.1) is 5.92 Å². The zero-order chi connectivity index (χ0) is 12.5. The van der Waals surface area contributed by atoms with Gasteiger partial charge in [-0.2, -0.15) is 0 Å². The quantitative estimate of drug-likeness (QED) is 0.762.